The van der Waals surface area contributed by atoms with Gasteiger partial charge in [0.1, 0.15) is 0 Å². The number of amides is 1. The van der Waals surface area contributed by atoms with Crippen LogP contribution in [0, 0.1) is 0 Å². The number of methoxy groups -OCH3 is 1. The van der Waals surface area contributed by atoms with Gasteiger partial charge in [0, 0.05) is 33.8 Å². The van der Waals surface area contributed by atoms with Crippen molar-refractivity contribution in [1.29, 1.82) is 0 Å². The monoisotopic (exact) mass is 664 g/mol. The Labute approximate surface area is 288 Å². The number of carbonyl (C=O) groups is 1. The van der Waals surface area contributed by atoms with Crippen LogP contribution in [0.25, 0.3) is 0 Å². The van der Waals surface area contributed by atoms with Gasteiger partial charge in [-0.15, -0.1) is 0 Å². The molecule has 1 amide bonds. The standard InChI is InChI=1S/C39H56N2O7/c1-5-6-9-14-33(2)37(40(3)39(42)38(34-15-10-7-11-16-34)35-17-12-8-13-18-35)32-41-20-19-36(31-41)48-30-29-47-28-27-46-26-25-45-24-23-44-22-21-43-4/h5-18,36-38H,2,19-32H2,1,3-4H3/b6-5-,14-9-/t36-,37+/m0/s1. The fraction of sp³-hybridized carbons (Fsp3) is 0.513. The number of rotatable bonds is 25. The molecule has 1 aliphatic rings. The highest BCUT2D eigenvalue weighted by Crippen LogP contribution is 2.29. The summed E-state index contributed by atoms with van der Waals surface area (Å²) in [6.07, 6.45) is 9.00. The topological polar surface area (TPSA) is 78.9 Å². The van der Waals surface area contributed by atoms with Crippen LogP contribution in [0.5, 0.6) is 0 Å². The van der Waals surface area contributed by atoms with E-state index in [-0.39, 0.29) is 18.1 Å². The molecule has 1 fully saturated rings. The lowest BCUT2D eigenvalue weighted by atomic mass is 9.89. The summed E-state index contributed by atoms with van der Waals surface area (Å²) in [6, 6.07) is 19.8. The first-order valence-corrected chi connectivity index (χ1v) is 17.0. The maximum atomic E-state index is 14.3. The molecule has 2 aromatic rings. The molecule has 2 aromatic carbocycles. The third kappa shape index (κ3) is 14.5. The van der Waals surface area contributed by atoms with Gasteiger partial charge in [0.2, 0.25) is 5.91 Å². The highest BCUT2D eigenvalue weighted by Gasteiger charge is 2.33. The molecule has 1 heterocycles. The molecule has 0 aliphatic carbocycles. The van der Waals surface area contributed by atoms with E-state index in [1.807, 2.05) is 104 Å². The molecular weight excluding hydrogens is 608 g/mol. The van der Waals surface area contributed by atoms with Gasteiger partial charge < -0.3 is 33.3 Å². The molecule has 0 aromatic heterocycles. The Morgan fingerprint density at radius 2 is 1.35 bits per heavy atom. The molecule has 2 atom stereocenters. The molecule has 0 unspecified atom stereocenters. The Hall–Kier alpha value is -3.15. The maximum absolute atomic E-state index is 14.3. The zero-order valence-electron chi connectivity index (χ0n) is 29.2. The van der Waals surface area contributed by atoms with Crippen molar-refractivity contribution >= 4 is 5.91 Å². The summed E-state index contributed by atoms with van der Waals surface area (Å²) in [5, 5.41) is 0. The first kappa shape index (κ1) is 39.3. The van der Waals surface area contributed by atoms with E-state index in [0.29, 0.717) is 72.6 Å². The highest BCUT2D eigenvalue weighted by molar-refractivity contribution is 5.87. The Balaban J connectivity index is 1.44. The van der Waals surface area contributed by atoms with Gasteiger partial charge >= 0.3 is 0 Å². The van der Waals surface area contributed by atoms with Crippen LogP contribution in [0.15, 0.2) is 97.1 Å². The molecule has 9 heteroatoms. The van der Waals surface area contributed by atoms with Crippen LogP contribution in [-0.2, 0) is 33.2 Å². The van der Waals surface area contributed by atoms with Crippen LogP contribution < -0.4 is 0 Å². The third-order valence-electron chi connectivity index (χ3n) is 8.16. The molecule has 9 nitrogen and oxygen atoms in total. The summed E-state index contributed by atoms with van der Waals surface area (Å²) in [7, 11) is 3.55. The highest BCUT2D eigenvalue weighted by atomic mass is 16.6. The SMILES string of the molecule is C=C(/C=C\C=C/C)[C@@H](CN1CC[C@H](OCCOCCOCCOCCOCCOC)C1)N(C)C(=O)C(c1ccccc1)c1ccccc1. The minimum atomic E-state index is -0.405. The number of ether oxygens (including phenoxy) is 6. The zero-order chi connectivity index (χ0) is 34.2. The summed E-state index contributed by atoms with van der Waals surface area (Å²) >= 11 is 0. The predicted molar refractivity (Wildman–Crippen MR) is 190 cm³/mol. The second kappa shape index (κ2) is 24.1. The van der Waals surface area contributed by atoms with Crippen LogP contribution in [0.4, 0.5) is 0 Å². The summed E-state index contributed by atoms with van der Waals surface area (Å²) < 4.78 is 33.1. The van der Waals surface area contributed by atoms with Crippen LogP contribution in [0.2, 0.25) is 0 Å². The van der Waals surface area contributed by atoms with E-state index in [9.17, 15) is 4.79 Å². The van der Waals surface area contributed by atoms with E-state index in [2.05, 4.69) is 11.5 Å². The van der Waals surface area contributed by atoms with E-state index >= 15 is 0 Å². The van der Waals surface area contributed by atoms with Gasteiger partial charge in [-0.05, 0) is 30.0 Å². The van der Waals surface area contributed by atoms with Gasteiger partial charge in [-0.1, -0.05) is 91.5 Å². The Morgan fingerprint density at radius 3 is 1.88 bits per heavy atom. The fourth-order valence-electron chi connectivity index (χ4n) is 5.54. The molecule has 264 valence electrons. The van der Waals surface area contributed by atoms with Crippen molar-refractivity contribution in [2.75, 3.05) is 99.9 Å². The molecule has 0 spiro atoms. The lowest BCUT2D eigenvalue weighted by molar-refractivity contribution is -0.132. The van der Waals surface area contributed by atoms with E-state index in [1.165, 1.54) is 0 Å². The number of likely N-dealkylation sites (tertiary alicyclic amines) is 1. The molecule has 3 rings (SSSR count). The quantitative estimate of drug-likeness (QED) is 0.107. The van der Waals surface area contributed by atoms with Crippen LogP contribution in [0.3, 0.4) is 0 Å². The van der Waals surface area contributed by atoms with Gasteiger partial charge in [-0.3, -0.25) is 9.69 Å². The van der Waals surface area contributed by atoms with Crippen LogP contribution in [-0.4, -0.2) is 128 Å². The molecule has 1 aliphatic heterocycles. The first-order chi connectivity index (χ1) is 23.5. The molecule has 0 radical (unpaired) electrons. The van der Waals surface area contributed by atoms with Gasteiger partial charge in [-0.25, -0.2) is 0 Å². The lowest BCUT2D eigenvalue weighted by Crippen LogP contribution is -2.47. The van der Waals surface area contributed by atoms with Crippen molar-refractivity contribution in [2.45, 2.75) is 31.4 Å². The number of benzene rings is 2. The first-order valence-electron chi connectivity index (χ1n) is 17.0. The van der Waals surface area contributed by atoms with Gasteiger partial charge in [-0.2, -0.15) is 0 Å². The number of allylic oxidation sites excluding steroid dienone is 3. The predicted octanol–water partition coefficient (Wildman–Crippen LogP) is 5.14. The summed E-state index contributed by atoms with van der Waals surface area (Å²) in [5.41, 5.74) is 2.84. The van der Waals surface area contributed by atoms with E-state index in [1.54, 1.807) is 7.11 Å². The van der Waals surface area contributed by atoms with Crippen LogP contribution >= 0.6 is 0 Å². The van der Waals surface area contributed by atoms with Gasteiger partial charge in [0.25, 0.3) is 0 Å². The normalized spacial score (nSPS) is 16.0. The second-order valence-electron chi connectivity index (χ2n) is 11.7. The Kier molecular flexibility index (Phi) is 19.7. The third-order valence-corrected chi connectivity index (χ3v) is 8.16. The van der Waals surface area contributed by atoms with Gasteiger partial charge in [0.05, 0.1) is 84.1 Å². The smallest absolute Gasteiger partial charge is 0.234 e. The van der Waals surface area contributed by atoms with E-state index in [4.69, 9.17) is 28.4 Å². The Bertz CT molecular complexity index is 1170. The molecule has 0 N–H and O–H groups in total. The van der Waals surface area contributed by atoms with Crippen molar-refractivity contribution in [1.82, 2.24) is 9.80 Å². The summed E-state index contributed by atoms with van der Waals surface area (Å²) in [4.78, 5) is 18.5. The average molecular weight is 665 g/mol. The number of nitrogens with zero attached hydrogens (tertiary/aromatic N) is 2. The largest absolute Gasteiger partial charge is 0.382 e. The van der Waals surface area contributed by atoms with Crippen molar-refractivity contribution < 1.29 is 33.2 Å². The second-order valence-corrected chi connectivity index (χ2v) is 11.7. The molecule has 48 heavy (non-hydrogen) atoms. The van der Waals surface area contributed by atoms with Crippen LogP contribution in [0.1, 0.15) is 30.4 Å². The maximum Gasteiger partial charge on any atom is 0.234 e. The minimum Gasteiger partial charge on any atom is -0.382 e. The lowest BCUT2D eigenvalue weighted by Gasteiger charge is -2.35. The van der Waals surface area contributed by atoms with Crippen molar-refractivity contribution in [3.05, 3.63) is 108 Å². The van der Waals surface area contributed by atoms with Gasteiger partial charge in [0.15, 0.2) is 0 Å². The van der Waals surface area contributed by atoms with Crippen molar-refractivity contribution in [3.63, 3.8) is 0 Å². The molecule has 1 saturated heterocycles. The minimum absolute atomic E-state index is 0.0435. The summed E-state index contributed by atoms with van der Waals surface area (Å²) in [5.74, 6) is -0.362. The number of hydrogen-bond acceptors (Lipinski definition) is 8. The Morgan fingerprint density at radius 1 is 0.833 bits per heavy atom. The number of hydrogen-bond donors (Lipinski definition) is 0. The van der Waals surface area contributed by atoms with E-state index in [0.717, 1.165) is 36.2 Å². The average Bonchev–Trinajstić information content (AvgIpc) is 3.57. The van der Waals surface area contributed by atoms with Crippen molar-refractivity contribution in [2.24, 2.45) is 0 Å². The zero-order valence-corrected chi connectivity index (χ0v) is 29.2. The molecular formula is C39H56N2O7. The number of likely N-dealkylation sites (N-methyl/N-ethyl adjacent to an activating group) is 1. The molecule has 0 saturated carbocycles. The molecule has 0 bridgehead atoms. The van der Waals surface area contributed by atoms with Crippen molar-refractivity contribution in [3.8, 4) is 0 Å². The van der Waals surface area contributed by atoms with E-state index < -0.39 is 5.92 Å². The number of carbonyl (C=O) groups excluding carboxylic acids is 1. The fourth-order valence-corrected chi connectivity index (χ4v) is 5.54. The summed E-state index contributed by atoms with van der Waals surface area (Å²) in [6.45, 7) is 14.1.